The van der Waals surface area contributed by atoms with Gasteiger partial charge in [-0.05, 0) is 0 Å². The average molecular weight is 202 g/mol. The molecule has 1 rings (SSSR count). The molecule has 6 heteroatoms. The van der Waals surface area contributed by atoms with E-state index in [9.17, 15) is 9.59 Å². The topological polar surface area (TPSA) is 92.9 Å². The standard InChI is InChI=1S/C8H14N2O4/c9-7(11)1-2-10-3-4-14-6(5-10)8(12)13/h6H,1-5H2,(H2,9,11)(H,12,13). The van der Waals surface area contributed by atoms with Crippen LogP contribution in [0.4, 0.5) is 0 Å². The highest BCUT2D eigenvalue weighted by Gasteiger charge is 2.25. The maximum absolute atomic E-state index is 10.6. The summed E-state index contributed by atoms with van der Waals surface area (Å²) in [6.45, 7) is 1.86. The molecule has 1 aliphatic rings. The fourth-order valence-electron chi connectivity index (χ4n) is 1.32. The molecule has 14 heavy (non-hydrogen) atoms. The van der Waals surface area contributed by atoms with Gasteiger partial charge >= 0.3 is 5.97 Å². The number of ether oxygens (including phenoxy) is 1. The summed E-state index contributed by atoms with van der Waals surface area (Å²) in [5.41, 5.74) is 4.99. The summed E-state index contributed by atoms with van der Waals surface area (Å²) in [5, 5.41) is 8.69. The van der Waals surface area contributed by atoms with Crippen LogP contribution in [-0.4, -0.2) is 54.2 Å². The summed E-state index contributed by atoms with van der Waals surface area (Å²) >= 11 is 0. The van der Waals surface area contributed by atoms with Crippen molar-refractivity contribution in [2.24, 2.45) is 5.73 Å². The highest BCUT2D eigenvalue weighted by molar-refractivity contribution is 5.74. The van der Waals surface area contributed by atoms with Crippen molar-refractivity contribution in [1.82, 2.24) is 4.90 Å². The second-order valence-corrected chi connectivity index (χ2v) is 3.21. The normalized spacial score (nSPS) is 23.3. The van der Waals surface area contributed by atoms with Gasteiger partial charge in [-0.15, -0.1) is 0 Å². The predicted molar refractivity (Wildman–Crippen MR) is 47.6 cm³/mol. The molecule has 0 aromatic carbocycles. The Morgan fingerprint density at radius 2 is 2.29 bits per heavy atom. The lowest BCUT2D eigenvalue weighted by molar-refractivity contribution is -0.156. The molecule has 80 valence electrons. The van der Waals surface area contributed by atoms with E-state index >= 15 is 0 Å². The molecular weight excluding hydrogens is 188 g/mol. The smallest absolute Gasteiger partial charge is 0.334 e. The first kappa shape index (κ1) is 10.9. The molecule has 6 nitrogen and oxygen atoms in total. The number of primary amides is 1. The highest BCUT2D eigenvalue weighted by Crippen LogP contribution is 2.05. The molecular formula is C8H14N2O4. The number of hydrogen-bond donors (Lipinski definition) is 2. The van der Waals surface area contributed by atoms with Gasteiger partial charge in [-0.3, -0.25) is 9.69 Å². The number of rotatable bonds is 4. The molecule has 0 aromatic rings. The predicted octanol–water partition coefficient (Wildman–Crippen LogP) is -1.35. The Balaban J connectivity index is 2.32. The molecule has 0 aliphatic carbocycles. The largest absolute Gasteiger partial charge is 0.479 e. The number of carbonyl (C=O) groups is 2. The van der Waals surface area contributed by atoms with Gasteiger partial charge in [0.15, 0.2) is 6.10 Å². The Hall–Kier alpha value is -1.14. The SMILES string of the molecule is NC(=O)CCN1CCOC(C(=O)O)C1. The number of hydrogen-bond acceptors (Lipinski definition) is 4. The molecule has 0 aromatic heterocycles. The molecule has 1 atom stereocenters. The zero-order chi connectivity index (χ0) is 10.6. The number of amides is 1. The van der Waals surface area contributed by atoms with Crippen molar-refractivity contribution in [3.8, 4) is 0 Å². The number of carboxylic acids is 1. The zero-order valence-electron chi connectivity index (χ0n) is 7.81. The first-order valence-corrected chi connectivity index (χ1v) is 4.44. The first-order chi connectivity index (χ1) is 6.59. The van der Waals surface area contributed by atoms with Crippen LogP contribution in [-0.2, 0) is 14.3 Å². The van der Waals surface area contributed by atoms with E-state index in [-0.39, 0.29) is 12.3 Å². The third-order valence-electron chi connectivity index (χ3n) is 2.10. The fraction of sp³-hybridized carbons (Fsp3) is 0.750. The lowest BCUT2D eigenvalue weighted by atomic mass is 10.2. The van der Waals surface area contributed by atoms with Crippen LogP contribution in [0.5, 0.6) is 0 Å². The van der Waals surface area contributed by atoms with E-state index in [1.807, 2.05) is 4.90 Å². The molecule has 0 saturated carbocycles. The molecule has 1 saturated heterocycles. The van der Waals surface area contributed by atoms with Gasteiger partial charge in [-0.2, -0.15) is 0 Å². The lowest BCUT2D eigenvalue weighted by Gasteiger charge is -2.30. The van der Waals surface area contributed by atoms with Gasteiger partial charge in [0.05, 0.1) is 6.61 Å². The average Bonchev–Trinajstić information content (AvgIpc) is 2.15. The van der Waals surface area contributed by atoms with Crippen LogP contribution in [0, 0.1) is 0 Å². The molecule has 1 unspecified atom stereocenters. The minimum atomic E-state index is -0.964. The van der Waals surface area contributed by atoms with Gasteiger partial charge in [0.25, 0.3) is 0 Å². The van der Waals surface area contributed by atoms with Crippen molar-refractivity contribution >= 4 is 11.9 Å². The number of aliphatic carboxylic acids is 1. The molecule has 1 fully saturated rings. The van der Waals surface area contributed by atoms with Crippen molar-refractivity contribution < 1.29 is 19.4 Å². The summed E-state index contributed by atoms with van der Waals surface area (Å²) in [5.74, 6) is -1.34. The Morgan fingerprint density at radius 1 is 1.57 bits per heavy atom. The van der Waals surface area contributed by atoms with E-state index in [0.29, 0.717) is 26.2 Å². The molecule has 0 spiro atoms. The quantitative estimate of drug-likeness (QED) is 0.587. The van der Waals surface area contributed by atoms with Crippen molar-refractivity contribution in [2.75, 3.05) is 26.2 Å². The molecule has 0 bridgehead atoms. The maximum Gasteiger partial charge on any atom is 0.334 e. The second-order valence-electron chi connectivity index (χ2n) is 3.21. The highest BCUT2D eigenvalue weighted by atomic mass is 16.5. The second kappa shape index (κ2) is 4.92. The van der Waals surface area contributed by atoms with Crippen molar-refractivity contribution in [3.63, 3.8) is 0 Å². The monoisotopic (exact) mass is 202 g/mol. The third kappa shape index (κ3) is 3.31. The Morgan fingerprint density at radius 3 is 2.86 bits per heavy atom. The van der Waals surface area contributed by atoms with Gasteiger partial charge < -0.3 is 15.6 Å². The van der Waals surface area contributed by atoms with Gasteiger partial charge in [0.1, 0.15) is 0 Å². The minimum Gasteiger partial charge on any atom is -0.479 e. The zero-order valence-corrected chi connectivity index (χ0v) is 7.81. The number of carboxylic acid groups (broad SMARTS) is 1. The van der Waals surface area contributed by atoms with Crippen LogP contribution in [0.2, 0.25) is 0 Å². The van der Waals surface area contributed by atoms with E-state index in [0.717, 1.165) is 0 Å². The number of morpholine rings is 1. The molecule has 1 aliphatic heterocycles. The van der Waals surface area contributed by atoms with Crippen LogP contribution in [0.25, 0.3) is 0 Å². The summed E-state index contributed by atoms with van der Waals surface area (Å²) < 4.78 is 5.02. The summed E-state index contributed by atoms with van der Waals surface area (Å²) in [7, 11) is 0. The van der Waals surface area contributed by atoms with Gasteiger partial charge in [0, 0.05) is 26.1 Å². The van der Waals surface area contributed by atoms with Crippen molar-refractivity contribution in [3.05, 3.63) is 0 Å². The lowest BCUT2D eigenvalue weighted by Crippen LogP contribution is -2.46. The molecule has 1 heterocycles. The van der Waals surface area contributed by atoms with Crippen molar-refractivity contribution in [1.29, 1.82) is 0 Å². The number of carbonyl (C=O) groups excluding carboxylic acids is 1. The van der Waals surface area contributed by atoms with E-state index in [1.54, 1.807) is 0 Å². The van der Waals surface area contributed by atoms with Crippen LogP contribution >= 0.6 is 0 Å². The number of nitrogens with zero attached hydrogens (tertiary/aromatic N) is 1. The van der Waals surface area contributed by atoms with E-state index < -0.39 is 12.1 Å². The number of nitrogens with two attached hydrogens (primary N) is 1. The summed E-state index contributed by atoms with van der Waals surface area (Å²) in [6, 6.07) is 0. The van der Waals surface area contributed by atoms with Crippen LogP contribution in [0.3, 0.4) is 0 Å². The Bertz CT molecular complexity index is 231. The first-order valence-electron chi connectivity index (χ1n) is 4.44. The van der Waals surface area contributed by atoms with Crippen LogP contribution < -0.4 is 5.73 Å². The van der Waals surface area contributed by atoms with Gasteiger partial charge in [-0.25, -0.2) is 4.79 Å². The third-order valence-corrected chi connectivity index (χ3v) is 2.10. The Labute approximate surface area is 81.6 Å². The van der Waals surface area contributed by atoms with Crippen LogP contribution in [0.1, 0.15) is 6.42 Å². The van der Waals surface area contributed by atoms with E-state index in [2.05, 4.69) is 0 Å². The van der Waals surface area contributed by atoms with Crippen molar-refractivity contribution in [2.45, 2.75) is 12.5 Å². The van der Waals surface area contributed by atoms with E-state index in [4.69, 9.17) is 15.6 Å². The Kier molecular flexibility index (Phi) is 3.84. The van der Waals surface area contributed by atoms with Crippen LogP contribution in [0.15, 0.2) is 0 Å². The summed E-state index contributed by atoms with van der Waals surface area (Å²) in [6.07, 6.45) is -0.525. The van der Waals surface area contributed by atoms with E-state index in [1.165, 1.54) is 0 Å². The molecule has 1 amide bonds. The molecule has 3 N–H and O–H groups in total. The van der Waals surface area contributed by atoms with Gasteiger partial charge in [-0.1, -0.05) is 0 Å². The maximum atomic E-state index is 10.6. The van der Waals surface area contributed by atoms with Gasteiger partial charge in [0.2, 0.25) is 5.91 Å². The fourth-order valence-corrected chi connectivity index (χ4v) is 1.32. The molecule has 0 radical (unpaired) electrons. The minimum absolute atomic E-state index is 0.256. The summed E-state index contributed by atoms with van der Waals surface area (Å²) in [4.78, 5) is 23.0.